The highest BCUT2D eigenvalue weighted by Crippen LogP contribution is 2.12. The molecule has 0 saturated carbocycles. The average molecular weight is 213 g/mol. The summed E-state index contributed by atoms with van der Waals surface area (Å²) in [6.45, 7) is 6.56. The normalized spacial score (nSPS) is 21.9. The number of amides is 1. The molecule has 0 spiro atoms. The number of hydrogen-bond donors (Lipinski definition) is 1. The average Bonchev–Trinajstić information content (AvgIpc) is 2.63. The first-order chi connectivity index (χ1) is 7.13. The molecule has 0 aromatic rings. The Kier molecular flexibility index (Phi) is 5.05. The number of nitrogens with one attached hydrogen (secondary N) is 1. The minimum absolute atomic E-state index is 0.184. The van der Waals surface area contributed by atoms with Crippen LogP contribution in [0.1, 0.15) is 13.3 Å². The molecule has 0 aromatic heterocycles. The zero-order valence-electron chi connectivity index (χ0n) is 10.1. The van der Waals surface area contributed by atoms with Crippen LogP contribution in [0.3, 0.4) is 0 Å². The van der Waals surface area contributed by atoms with Crippen molar-refractivity contribution in [3.05, 3.63) is 0 Å². The van der Waals surface area contributed by atoms with Crippen LogP contribution in [0.15, 0.2) is 0 Å². The number of carbonyl (C=O) groups is 1. The number of rotatable bonds is 5. The van der Waals surface area contributed by atoms with Crippen LogP contribution in [0, 0.1) is 5.92 Å². The minimum atomic E-state index is 0.184. The molecule has 1 aliphatic rings. The number of likely N-dealkylation sites (N-methyl/N-ethyl adjacent to an activating group) is 1. The standard InChI is InChI=1S/C11H23N3O/c1-4-14(3)11(15)8-12-7-10-5-6-13(2)9-10/h10,12H,4-9H2,1-3H3. The van der Waals surface area contributed by atoms with Gasteiger partial charge in [-0.05, 0) is 39.4 Å². The zero-order chi connectivity index (χ0) is 11.3. The molecular weight excluding hydrogens is 190 g/mol. The van der Waals surface area contributed by atoms with Gasteiger partial charge < -0.3 is 15.1 Å². The highest BCUT2D eigenvalue weighted by molar-refractivity contribution is 5.77. The quantitative estimate of drug-likeness (QED) is 0.698. The number of likely N-dealkylation sites (tertiary alicyclic amines) is 1. The largest absolute Gasteiger partial charge is 0.345 e. The maximum Gasteiger partial charge on any atom is 0.236 e. The van der Waals surface area contributed by atoms with Crippen LogP contribution in [0.5, 0.6) is 0 Å². The second-order valence-electron chi connectivity index (χ2n) is 4.46. The highest BCUT2D eigenvalue weighted by Gasteiger charge is 2.19. The van der Waals surface area contributed by atoms with Crippen molar-refractivity contribution in [1.29, 1.82) is 0 Å². The van der Waals surface area contributed by atoms with Crippen molar-refractivity contribution >= 4 is 5.91 Å². The summed E-state index contributed by atoms with van der Waals surface area (Å²) in [7, 11) is 3.99. The van der Waals surface area contributed by atoms with E-state index in [-0.39, 0.29) is 5.91 Å². The van der Waals surface area contributed by atoms with Gasteiger partial charge in [0.1, 0.15) is 0 Å². The van der Waals surface area contributed by atoms with Gasteiger partial charge in [0.2, 0.25) is 5.91 Å². The molecule has 4 heteroatoms. The number of carbonyl (C=O) groups excluding carboxylic acids is 1. The van der Waals surface area contributed by atoms with E-state index in [4.69, 9.17) is 0 Å². The maximum absolute atomic E-state index is 11.5. The van der Waals surface area contributed by atoms with Gasteiger partial charge in [-0.25, -0.2) is 0 Å². The van der Waals surface area contributed by atoms with Crippen LogP contribution in [0.4, 0.5) is 0 Å². The fraction of sp³-hybridized carbons (Fsp3) is 0.909. The summed E-state index contributed by atoms with van der Waals surface area (Å²) in [6.07, 6.45) is 1.25. The molecule has 0 radical (unpaired) electrons. The molecule has 1 rings (SSSR count). The van der Waals surface area contributed by atoms with Gasteiger partial charge in [0, 0.05) is 20.1 Å². The van der Waals surface area contributed by atoms with Crippen LogP contribution in [0.25, 0.3) is 0 Å². The summed E-state index contributed by atoms with van der Waals surface area (Å²) in [4.78, 5) is 15.5. The van der Waals surface area contributed by atoms with Crippen LogP contribution in [-0.4, -0.2) is 62.5 Å². The van der Waals surface area contributed by atoms with Crippen molar-refractivity contribution in [1.82, 2.24) is 15.1 Å². The molecular formula is C11H23N3O. The van der Waals surface area contributed by atoms with Gasteiger partial charge in [-0.1, -0.05) is 0 Å². The topological polar surface area (TPSA) is 35.6 Å². The summed E-state index contributed by atoms with van der Waals surface area (Å²) >= 11 is 0. The molecule has 0 aliphatic carbocycles. The first kappa shape index (κ1) is 12.5. The van der Waals surface area contributed by atoms with Crippen LogP contribution in [0.2, 0.25) is 0 Å². The van der Waals surface area contributed by atoms with Gasteiger partial charge >= 0.3 is 0 Å². The molecule has 1 heterocycles. The van der Waals surface area contributed by atoms with E-state index in [1.54, 1.807) is 4.90 Å². The third kappa shape index (κ3) is 4.18. The van der Waals surface area contributed by atoms with Crippen molar-refractivity contribution in [3.8, 4) is 0 Å². The Morgan fingerprint density at radius 1 is 1.60 bits per heavy atom. The Morgan fingerprint density at radius 3 is 2.87 bits per heavy atom. The van der Waals surface area contributed by atoms with Crippen molar-refractivity contribution in [2.24, 2.45) is 5.92 Å². The monoisotopic (exact) mass is 213 g/mol. The Balaban J connectivity index is 2.08. The van der Waals surface area contributed by atoms with E-state index in [0.29, 0.717) is 6.54 Å². The van der Waals surface area contributed by atoms with E-state index < -0.39 is 0 Å². The SMILES string of the molecule is CCN(C)C(=O)CNCC1CCN(C)C1. The van der Waals surface area contributed by atoms with Gasteiger partial charge in [0.25, 0.3) is 0 Å². The second-order valence-corrected chi connectivity index (χ2v) is 4.46. The Labute approximate surface area is 92.6 Å². The number of nitrogens with zero attached hydrogens (tertiary/aromatic N) is 2. The van der Waals surface area contributed by atoms with E-state index >= 15 is 0 Å². The molecule has 15 heavy (non-hydrogen) atoms. The van der Waals surface area contributed by atoms with E-state index in [1.807, 2.05) is 14.0 Å². The second kappa shape index (κ2) is 6.08. The first-order valence-corrected chi connectivity index (χ1v) is 5.76. The summed E-state index contributed by atoms with van der Waals surface area (Å²) in [5.41, 5.74) is 0. The minimum Gasteiger partial charge on any atom is -0.345 e. The smallest absolute Gasteiger partial charge is 0.236 e. The molecule has 0 aromatic carbocycles. The summed E-state index contributed by atoms with van der Waals surface area (Å²) in [5.74, 6) is 0.901. The summed E-state index contributed by atoms with van der Waals surface area (Å²) < 4.78 is 0. The van der Waals surface area contributed by atoms with Crippen LogP contribution >= 0.6 is 0 Å². The Bertz CT molecular complexity index is 208. The Morgan fingerprint density at radius 2 is 2.33 bits per heavy atom. The highest BCUT2D eigenvalue weighted by atomic mass is 16.2. The van der Waals surface area contributed by atoms with E-state index in [9.17, 15) is 4.79 Å². The number of hydrogen-bond acceptors (Lipinski definition) is 3. The fourth-order valence-corrected chi connectivity index (χ4v) is 1.89. The zero-order valence-corrected chi connectivity index (χ0v) is 10.1. The van der Waals surface area contributed by atoms with Crippen LogP contribution in [-0.2, 0) is 4.79 Å². The lowest BCUT2D eigenvalue weighted by atomic mass is 10.1. The molecule has 1 amide bonds. The maximum atomic E-state index is 11.5. The van der Waals surface area contributed by atoms with Crippen LogP contribution < -0.4 is 5.32 Å². The van der Waals surface area contributed by atoms with Gasteiger partial charge in [-0.3, -0.25) is 4.79 Å². The predicted molar refractivity (Wildman–Crippen MR) is 61.8 cm³/mol. The molecule has 1 saturated heterocycles. The third-order valence-electron chi connectivity index (χ3n) is 3.10. The van der Waals surface area contributed by atoms with Crippen molar-refractivity contribution in [2.45, 2.75) is 13.3 Å². The molecule has 88 valence electrons. The molecule has 1 aliphatic heterocycles. The lowest BCUT2D eigenvalue weighted by molar-refractivity contribution is -0.128. The van der Waals surface area contributed by atoms with E-state index in [1.165, 1.54) is 13.0 Å². The fourth-order valence-electron chi connectivity index (χ4n) is 1.89. The molecule has 1 N–H and O–H groups in total. The molecule has 1 atom stereocenters. The van der Waals surface area contributed by atoms with E-state index in [2.05, 4.69) is 17.3 Å². The third-order valence-corrected chi connectivity index (χ3v) is 3.10. The van der Waals surface area contributed by atoms with Gasteiger partial charge in [-0.2, -0.15) is 0 Å². The predicted octanol–water partition coefficient (Wildman–Crippen LogP) is 0.00600. The summed E-state index contributed by atoms with van der Waals surface area (Å²) in [5, 5.41) is 3.24. The molecule has 1 fully saturated rings. The first-order valence-electron chi connectivity index (χ1n) is 5.76. The molecule has 4 nitrogen and oxygen atoms in total. The summed E-state index contributed by atoms with van der Waals surface area (Å²) in [6, 6.07) is 0. The molecule has 0 bridgehead atoms. The van der Waals surface area contributed by atoms with Crippen molar-refractivity contribution in [3.63, 3.8) is 0 Å². The Hall–Kier alpha value is -0.610. The van der Waals surface area contributed by atoms with Crippen molar-refractivity contribution < 1.29 is 4.79 Å². The van der Waals surface area contributed by atoms with Gasteiger partial charge in [0.05, 0.1) is 6.54 Å². The lowest BCUT2D eigenvalue weighted by Crippen LogP contribution is -2.37. The van der Waals surface area contributed by atoms with E-state index in [0.717, 1.165) is 25.6 Å². The lowest BCUT2D eigenvalue weighted by Gasteiger charge is -2.16. The van der Waals surface area contributed by atoms with Gasteiger partial charge in [0.15, 0.2) is 0 Å². The van der Waals surface area contributed by atoms with Crippen molar-refractivity contribution in [2.75, 3.05) is 46.8 Å². The molecule has 1 unspecified atom stereocenters. The van der Waals surface area contributed by atoms with Gasteiger partial charge in [-0.15, -0.1) is 0 Å².